The summed E-state index contributed by atoms with van der Waals surface area (Å²) in [5.74, 6) is 0.901. The zero-order valence-electron chi connectivity index (χ0n) is 12.2. The number of aliphatic hydroxyl groups is 1. The molecule has 3 N–H and O–H groups in total. The maximum Gasteiger partial charge on any atom is 0.156 e. The van der Waals surface area contributed by atoms with E-state index in [2.05, 4.69) is 5.10 Å². The number of nitrogen functional groups attached to an aromatic ring is 1. The van der Waals surface area contributed by atoms with Crippen molar-refractivity contribution in [1.29, 1.82) is 0 Å². The third kappa shape index (κ3) is 2.90. The van der Waals surface area contributed by atoms with Crippen LogP contribution >= 0.6 is 0 Å². The topological polar surface area (TPSA) is 90.4 Å². The summed E-state index contributed by atoms with van der Waals surface area (Å²) >= 11 is 0. The van der Waals surface area contributed by atoms with E-state index in [1.807, 2.05) is 32.0 Å². The van der Waals surface area contributed by atoms with Gasteiger partial charge in [-0.2, -0.15) is 5.10 Å². The lowest BCUT2D eigenvalue weighted by molar-refractivity contribution is 0.112. The number of carbonyl (C=O) groups is 1. The van der Waals surface area contributed by atoms with Crippen LogP contribution in [0.15, 0.2) is 18.2 Å². The Labute approximate surface area is 123 Å². The Balaban J connectivity index is 2.62. The quantitative estimate of drug-likeness (QED) is 0.789. The van der Waals surface area contributed by atoms with Crippen LogP contribution in [0.1, 0.15) is 22.8 Å². The number of anilines is 1. The number of aromatic nitrogens is 2. The number of hydrogen-bond donors (Lipinski definition) is 2. The standard InChI is InChI=1S/C15H19N3O3/c1-3-21-13-5-4-10(2)8-11(13)14-12(9-20)15(16)18(17-14)6-7-19/h4-5,8-9,19H,3,6-7,16H2,1-2H3. The van der Waals surface area contributed by atoms with E-state index in [-0.39, 0.29) is 19.0 Å². The molecule has 1 aromatic carbocycles. The van der Waals surface area contributed by atoms with E-state index < -0.39 is 0 Å². The summed E-state index contributed by atoms with van der Waals surface area (Å²) in [5, 5.41) is 13.4. The van der Waals surface area contributed by atoms with E-state index in [9.17, 15) is 4.79 Å². The molecule has 0 spiro atoms. The van der Waals surface area contributed by atoms with Gasteiger partial charge in [0.1, 0.15) is 17.3 Å². The summed E-state index contributed by atoms with van der Waals surface area (Å²) in [4.78, 5) is 11.4. The first kappa shape index (κ1) is 15.1. The van der Waals surface area contributed by atoms with Crippen molar-refractivity contribution in [3.8, 4) is 17.0 Å². The predicted molar refractivity (Wildman–Crippen MR) is 80.5 cm³/mol. The number of rotatable bonds is 6. The van der Waals surface area contributed by atoms with Crippen LogP contribution in [0.4, 0.5) is 5.82 Å². The molecular weight excluding hydrogens is 270 g/mol. The second kappa shape index (κ2) is 6.41. The van der Waals surface area contributed by atoms with Gasteiger partial charge in [-0.1, -0.05) is 11.6 Å². The normalized spacial score (nSPS) is 10.6. The van der Waals surface area contributed by atoms with Gasteiger partial charge in [-0.3, -0.25) is 4.79 Å². The number of benzene rings is 1. The van der Waals surface area contributed by atoms with Crippen molar-refractivity contribution in [3.63, 3.8) is 0 Å². The number of aliphatic hydroxyl groups excluding tert-OH is 1. The number of aryl methyl sites for hydroxylation is 1. The van der Waals surface area contributed by atoms with Crippen LogP contribution in [-0.2, 0) is 6.54 Å². The smallest absolute Gasteiger partial charge is 0.156 e. The molecule has 0 fully saturated rings. The van der Waals surface area contributed by atoms with E-state index in [1.54, 1.807) is 0 Å². The SMILES string of the molecule is CCOc1ccc(C)cc1-c1nn(CCO)c(N)c1C=O. The van der Waals surface area contributed by atoms with Gasteiger partial charge in [-0.15, -0.1) is 0 Å². The van der Waals surface area contributed by atoms with E-state index >= 15 is 0 Å². The number of carbonyl (C=O) groups excluding carboxylic acids is 1. The van der Waals surface area contributed by atoms with E-state index in [4.69, 9.17) is 15.6 Å². The minimum absolute atomic E-state index is 0.101. The van der Waals surface area contributed by atoms with E-state index in [0.717, 1.165) is 11.1 Å². The van der Waals surface area contributed by atoms with Crippen molar-refractivity contribution in [3.05, 3.63) is 29.3 Å². The van der Waals surface area contributed by atoms with Crippen molar-refractivity contribution < 1.29 is 14.6 Å². The maximum absolute atomic E-state index is 11.4. The largest absolute Gasteiger partial charge is 0.493 e. The predicted octanol–water partition coefficient (Wildman–Crippen LogP) is 1.64. The molecule has 21 heavy (non-hydrogen) atoms. The number of aldehydes is 1. The Bertz CT molecular complexity index is 650. The number of hydrogen-bond acceptors (Lipinski definition) is 5. The Kier molecular flexibility index (Phi) is 4.59. The van der Waals surface area contributed by atoms with Gasteiger partial charge in [0.2, 0.25) is 0 Å². The van der Waals surface area contributed by atoms with Gasteiger partial charge in [0.15, 0.2) is 6.29 Å². The molecule has 0 amide bonds. The first-order valence-electron chi connectivity index (χ1n) is 6.78. The lowest BCUT2D eigenvalue weighted by Crippen LogP contribution is -2.08. The molecule has 0 bridgehead atoms. The average molecular weight is 289 g/mol. The highest BCUT2D eigenvalue weighted by atomic mass is 16.5. The highest BCUT2D eigenvalue weighted by Crippen LogP contribution is 2.34. The highest BCUT2D eigenvalue weighted by molar-refractivity contribution is 5.92. The fourth-order valence-electron chi connectivity index (χ4n) is 2.18. The minimum atomic E-state index is -0.101. The molecule has 2 aromatic rings. The Morgan fingerprint density at radius 1 is 1.48 bits per heavy atom. The van der Waals surface area contributed by atoms with Crippen LogP contribution < -0.4 is 10.5 Å². The van der Waals surface area contributed by atoms with Gasteiger partial charge in [0.05, 0.1) is 25.3 Å². The lowest BCUT2D eigenvalue weighted by Gasteiger charge is -2.09. The molecule has 6 heteroatoms. The molecule has 0 aliphatic carbocycles. The van der Waals surface area contributed by atoms with Crippen LogP contribution in [0.2, 0.25) is 0 Å². The van der Waals surface area contributed by atoms with Crippen LogP contribution in [-0.4, -0.2) is 34.4 Å². The number of nitrogens with zero attached hydrogens (tertiary/aromatic N) is 2. The maximum atomic E-state index is 11.4. The average Bonchev–Trinajstić information content (AvgIpc) is 2.78. The van der Waals surface area contributed by atoms with Crippen LogP contribution in [0.5, 0.6) is 5.75 Å². The van der Waals surface area contributed by atoms with Gasteiger partial charge < -0.3 is 15.6 Å². The van der Waals surface area contributed by atoms with Crippen molar-refractivity contribution in [2.45, 2.75) is 20.4 Å². The molecule has 0 saturated heterocycles. The summed E-state index contributed by atoms with van der Waals surface area (Å²) in [6.45, 7) is 4.49. The second-order valence-corrected chi connectivity index (χ2v) is 4.64. The molecule has 0 aliphatic heterocycles. The first-order chi connectivity index (χ1) is 10.1. The molecule has 0 aliphatic rings. The summed E-state index contributed by atoms with van der Waals surface area (Å²) in [5.41, 5.74) is 8.46. The Hall–Kier alpha value is -2.34. The van der Waals surface area contributed by atoms with Crippen molar-refractivity contribution in [1.82, 2.24) is 9.78 Å². The third-order valence-electron chi connectivity index (χ3n) is 3.15. The summed E-state index contributed by atoms with van der Waals surface area (Å²) in [7, 11) is 0. The Morgan fingerprint density at radius 3 is 2.86 bits per heavy atom. The second-order valence-electron chi connectivity index (χ2n) is 4.64. The van der Waals surface area contributed by atoms with Gasteiger partial charge >= 0.3 is 0 Å². The molecular formula is C15H19N3O3. The van der Waals surface area contributed by atoms with Gasteiger partial charge in [0.25, 0.3) is 0 Å². The monoisotopic (exact) mass is 289 g/mol. The summed E-state index contributed by atoms with van der Waals surface area (Å²) in [6.07, 6.45) is 0.684. The zero-order chi connectivity index (χ0) is 15.4. The Morgan fingerprint density at radius 2 is 2.24 bits per heavy atom. The van der Waals surface area contributed by atoms with Gasteiger partial charge in [-0.05, 0) is 26.0 Å². The first-order valence-corrected chi connectivity index (χ1v) is 6.78. The lowest BCUT2D eigenvalue weighted by atomic mass is 10.0. The van der Waals surface area contributed by atoms with Crippen LogP contribution in [0.3, 0.4) is 0 Å². The molecule has 0 unspecified atom stereocenters. The van der Waals surface area contributed by atoms with Crippen molar-refractivity contribution in [2.75, 3.05) is 18.9 Å². The molecule has 2 rings (SSSR count). The fraction of sp³-hybridized carbons (Fsp3) is 0.333. The fourth-order valence-corrected chi connectivity index (χ4v) is 2.18. The summed E-state index contributed by atoms with van der Waals surface area (Å²) < 4.78 is 7.03. The molecule has 0 saturated carbocycles. The van der Waals surface area contributed by atoms with Crippen molar-refractivity contribution in [2.24, 2.45) is 0 Å². The van der Waals surface area contributed by atoms with Crippen molar-refractivity contribution >= 4 is 12.1 Å². The molecule has 1 heterocycles. The molecule has 1 aromatic heterocycles. The van der Waals surface area contributed by atoms with Gasteiger partial charge in [-0.25, -0.2) is 4.68 Å². The molecule has 0 atom stereocenters. The van der Waals surface area contributed by atoms with E-state index in [1.165, 1.54) is 4.68 Å². The molecule has 0 radical (unpaired) electrons. The van der Waals surface area contributed by atoms with Gasteiger partial charge in [0, 0.05) is 5.56 Å². The minimum Gasteiger partial charge on any atom is -0.493 e. The van der Waals surface area contributed by atoms with E-state index in [0.29, 0.717) is 29.9 Å². The molecule has 112 valence electrons. The highest BCUT2D eigenvalue weighted by Gasteiger charge is 2.19. The van der Waals surface area contributed by atoms with Crippen LogP contribution in [0, 0.1) is 6.92 Å². The van der Waals surface area contributed by atoms with Crippen LogP contribution in [0.25, 0.3) is 11.3 Å². The summed E-state index contributed by atoms with van der Waals surface area (Å²) in [6, 6.07) is 5.69. The number of nitrogens with two attached hydrogens (primary N) is 1. The molecule has 6 nitrogen and oxygen atoms in total. The number of ether oxygens (including phenoxy) is 1. The third-order valence-corrected chi connectivity index (χ3v) is 3.15. The zero-order valence-corrected chi connectivity index (χ0v) is 12.2.